The zero-order chi connectivity index (χ0) is 20.6. The maximum absolute atomic E-state index is 12.8. The first-order valence-corrected chi connectivity index (χ1v) is 9.89. The fraction of sp³-hybridized carbons (Fsp3) is 0.348. The van der Waals surface area contributed by atoms with Crippen LogP contribution in [0.25, 0.3) is 11.0 Å². The summed E-state index contributed by atoms with van der Waals surface area (Å²) in [5.41, 5.74) is 2.58. The van der Waals surface area contributed by atoms with Gasteiger partial charge in [0.1, 0.15) is 17.1 Å². The second-order valence-electron chi connectivity index (χ2n) is 7.97. The molecule has 0 bridgehead atoms. The van der Waals surface area contributed by atoms with Gasteiger partial charge in [0, 0.05) is 17.5 Å². The van der Waals surface area contributed by atoms with E-state index in [0.717, 1.165) is 16.5 Å². The van der Waals surface area contributed by atoms with Gasteiger partial charge in [-0.15, -0.1) is 0 Å². The number of carbonyl (C=O) groups excluding carboxylic acids is 1. The summed E-state index contributed by atoms with van der Waals surface area (Å²) in [7, 11) is 3.24. The number of benzene rings is 2. The van der Waals surface area contributed by atoms with Crippen molar-refractivity contribution in [3.05, 3.63) is 41.7 Å². The van der Waals surface area contributed by atoms with E-state index in [-0.39, 0.29) is 36.4 Å². The Morgan fingerprint density at radius 2 is 1.87 bits per heavy atom. The molecule has 1 fully saturated rings. The van der Waals surface area contributed by atoms with E-state index in [4.69, 9.17) is 28.1 Å². The molecule has 1 aromatic heterocycles. The Bertz CT molecular complexity index is 1190. The lowest BCUT2D eigenvalue weighted by Crippen LogP contribution is -2.50. The Morgan fingerprint density at radius 3 is 2.67 bits per heavy atom. The zero-order valence-electron chi connectivity index (χ0n) is 16.8. The van der Waals surface area contributed by atoms with Gasteiger partial charge in [-0.2, -0.15) is 0 Å². The van der Waals surface area contributed by atoms with Crippen molar-refractivity contribution in [2.45, 2.75) is 18.8 Å². The Balaban J connectivity index is 1.54. The highest BCUT2D eigenvalue weighted by molar-refractivity contribution is 5.92. The highest BCUT2D eigenvalue weighted by Gasteiger charge is 2.58. The lowest BCUT2D eigenvalue weighted by Gasteiger charge is -2.52. The van der Waals surface area contributed by atoms with Crippen LogP contribution in [0.1, 0.15) is 29.9 Å². The van der Waals surface area contributed by atoms with Crippen molar-refractivity contribution < 1.29 is 32.9 Å². The van der Waals surface area contributed by atoms with Crippen molar-refractivity contribution in [1.29, 1.82) is 0 Å². The van der Waals surface area contributed by atoms with Gasteiger partial charge in [-0.3, -0.25) is 4.79 Å². The Labute approximate surface area is 172 Å². The van der Waals surface area contributed by atoms with Gasteiger partial charge < -0.3 is 28.1 Å². The topological polar surface area (TPSA) is 76.4 Å². The molecule has 2 aliphatic heterocycles. The van der Waals surface area contributed by atoms with E-state index in [1.165, 1.54) is 0 Å². The Morgan fingerprint density at radius 1 is 1.00 bits per heavy atom. The molecule has 154 valence electrons. The SMILES string of the molecule is COc1cc([C@H]2[C@H](C)[C@H]3C(=O)Oc4cc5occc5c(OC)c4[C@H]32)cc2c1OCO2. The lowest BCUT2D eigenvalue weighted by atomic mass is 9.52. The van der Waals surface area contributed by atoms with Gasteiger partial charge in [-0.25, -0.2) is 0 Å². The molecule has 7 nitrogen and oxygen atoms in total. The predicted octanol–water partition coefficient (Wildman–Crippen LogP) is 4.23. The van der Waals surface area contributed by atoms with Gasteiger partial charge in [-0.05, 0) is 35.6 Å². The minimum absolute atomic E-state index is 0.0725. The molecule has 0 unspecified atom stereocenters. The molecule has 3 aliphatic rings. The van der Waals surface area contributed by atoms with E-state index in [9.17, 15) is 4.79 Å². The Hall–Kier alpha value is -3.35. The Kier molecular flexibility index (Phi) is 3.54. The number of ether oxygens (including phenoxy) is 5. The molecule has 2 aromatic carbocycles. The van der Waals surface area contributed by atoms with E-state index in [1.807, 2.05) is 18.2 Å². The molecule has 0 N–H and O–H groups in total. The van der Waals surface area contributed by atoms with Crippen molar-refractivity contribution in [2.75, 3.05) is 21.0 Å². The van der Waals surface area contributed by atoms with Gasteiger partial charge in [0.2, 0.25) is 12.5 Å². The number of carbonyl (C=O) groups is 1. The van der Waals surface area contributed by atoms with Crippen LogP contribution in [0.2, 0.25) is 0 Å². The molecule has 6 rings (SSSR count). The van der Waals surface area contributed by atoms with Crippen molar-refractivity contribution in [2.24, 2.45) is 11.8 Å². The van der Waals surface area contributed by atoms with Crippen LogP contribution < -0.4 is 23.7 Å². The third-order valence-electron chi connectivity index (χ3n) is 6.70. The van der Waals surface area contributed by atoms with Crippen LogP contribution in [0.15, 0.2) is 34.9 Å². The molecule has 0 radical (unpaired) electrons. The summed E-state index contributed by atoms with van der Waals surface area (Å²) in [5, 5.41) is 0.870. The normalized spacial score (nSPS) is 25.9. The van der Waals surface area contributed by atoms with Crippen LogP contribution in [-0.4, -0.2) is 27.0 Å². The standard InChI is InChI=1S/C23H20O7/c1-10-17(11-6-15(25-2)22-16(7-11)28-9-29-22)20-18(10)23(24)30-14-8-13-12(4-5-27-13)21(26-3)19(14)20/h4-8,10,17-18,20H,9H2,1-3H3/t10-,17+,18+,20-/m0/s1. The second-order valence-corrected chi connectivity index (χ2v) is 7.97. The van der Waals surface area contributed by atoms with Crippen molar-refractivity contribution in [3.8, 4) is 28.7 Å². The number of furan rings is 1. The van der Waals surface area contributed by atoms with Gasteiger partial charge in [0.05, 0.1) is 31.8 Å². The fourth-order valence-corrected chi connectivity index (χ4v) is 5.40. The molecule has 1 aliphatic carbocycles. The first-order valence-electron chi connectivity index (χ1n) is 9.89. The van der Waals surface area contributed by atoms with Gasteiger partial charge in [0.15, 0.2) is 11.5 Å². The summed E-state index contributed by atoms with van der Waals surface area (Å²) in [6.45, 7) is 2.25. The number of rotatable bonds is 3. The largest absolute Gasteiger partial charge is 0.496 e. The molecule has 7 heteroatoms. The van der Waals surface area contributed by atoms with E-state index < -0.39 is 0 Å². The first-order chi connectivity index (χ1) is 14.6. The summed E-state index contributed by atoms with van der Waals surface area (Å²) in [6, 6.07) is 7.63. The summed E-state index contributed by atoms with van der Waals surface area (Å²) >= 11 is 0. The number of hydrogen-bond acceptors (Lipinski definition) is 7. The average molecular weight is 408 g/mol. The maximum atomic E-state index is 12.8. The van der Waals surface area contributed by atoms with Gasteiger partial charge in [0.25, 0.3) is 0 Å². The second kappa shape index (κ2) is 6.08. The van der Waals surface area contributed by atoms with Crippen LogP contribution in [-0.2, 0) is 4.79 Å². The highest BCUT2D eigenvalue weighted by Crippen LogP contribution is 2.65. The van der Waals surface area contributed by atoms with E-state index in [0.29, 0.717) is 34.3 Å². The quantitative estimate of drug-likeness (QED) is 0.474. The van der Waals surface area contributed by atoms with Gasteiger partial charge in [-0.1, -0.05) is 6.92 Å². The number of fused-ring (bicyclic) bond motifs is 5. The molecule has 4 atom stereocenters. The lowest BCUT2D eigenvalue weighted by molar-refractivity contribution is -0.150. The van der Waals surface area contributed by atoms with E-state index in [2.05, 4.69) is 6.92 Å². The number of esters is 1. The number of hydrogen-bond donors (Lipinski definition) is 0. The predicted molar refractivity (Wildman–Crippen MR) is 106 cm³/mol. The first kappa shape index (κ1) is 17.5. The summed E-state index contributed by atoms with van der Waals surface area (Å²) in [4.78, 5) is 12.8. The molecule has 0 amide bonds. The minimum Gasteiger partial charge on any atom is -0.496 e. The molecule has 1 saturated carbocycles. The van der Waals surface area contributed by atoms with Crippen molar-refractivity contribution in [3.63, 3.8) is 0 Å². The smallest absolute Gasteiger partial charge is 0.315 e. The minimum atomic E-state index is -0.239. The molecule has 3 aromatic rings. The van der Waals surface area contributed by atoms with Gasteiger partial charge >= 0.3 is 5.97 Å². The summed E-state index contributed by atoms with van der Waals surface area (Å²) in [5.74, 6) is 2.75. The van der Waals surface area contributed by atoms with Crippen LogP contribution in [0, 0.1) is 11.8 Å². The van der Waals surface area contributed by atoms with E-state index in [1.54, 1.807) is 26.5 Å². The summed E-state index contributed by atoms with van der Waals surface area (Å²) in [6.07, 6.45) is 1.61. The maximum Gasteiger partial charge on any atom is 0.315 e. The number of methoxy groups -OCH3 is 2. The van der Waals surface area contributed by atoms with Crippen molar-refractivity contribution >= 4 is 16.9 Å². The molecule has 30 heavy (non-hydrogen) atoms. The summed E-state index contributed by atoms with van der Waals surface area (Å²) < 4.78 is 33.7. The molecular formula is C23H20O7. The molecular weight excluding hydrogens is 388 g/mol. The van der Waals surface area contributed by atoms with Crippen LogP contribution in [0.4, 0.5) is 0 Å². The zero-order valence-corrected chi connectivity index (χ0v) is 16.8. The van der Waals surface area contributed by atoms with Crippen LogP contribution in [0.5, 0.6) is 28.7 Å². The van der Waals surface area contributed by atoms with Crippen molar-refractivity contribution in [1.82, 2.24) is 0 Å². The van der Waals surface area contributed by atoms with E-state index >= 15 is 0 Å². The van der Waals surface area contributed by atoms with Crippen LogP contribution in [0.3, 0.4) is 0 Å². The fourth-order valence-electron chi connectivity index (χ4n) is 5.40. The average Bonchev–Trinajstić information content (AvgIpc) is 3.39. The van der Waals surface area contributed by atoms with Crippen LogP contribution >= 0.6 is 0 Å². The molecule has 0 spiro atoms. The highest BCUT2D eigenvalue weighted by atomic mass is 16.7. The molecule has 3 heterocycles. The molecule has 0 saturated heterocycles. The third kappa shape index (κ3) is 2.12. The monoisotopic (exact) mass is 408 g/mol. The third-order valence-corrected chi connectivity index (χ3v) is 6.70.